The maximum absolute atomic E-state index is 5.17. The molecule has 0 amide bonds. The average molecular weight is 181 g/mol. The highest BCUT2D eigenvalue weighted by atomic mass is 16.5. The predicted molar refractivity (Wildman–Crippen MR) is 52.2 cm³/mol. The van der Waals surface area contributed by atoms with Crippen molar-refractivity contribution in [3.05, 3.63) is 11.3 Å². The molecule has 0 radical (unpaired) electrons. The summed E-state index contributed by atoms with van der Waals surface area (Å²) >= 11 is 0. The van der Waals surface area contributed by atoms with Crippen molar-refractivity contribution in [1.29, 1.82) is 0 Å². The summed E-state index contributed by atoms with van der Waals surface area (Å²) < 4.78 is 5.17. The van der Waals surface area contributed by atoms with Gasteiger partial charge in [-0.05, 0) is 13.3 Å². The van der Waals surface area contributed by atoms with Crippen molar-refractivity contribution in [3.8, 4) is 5.88 Å². The Hall–Kier alpha value is -1.32. The number of anilines is 1. The van der Waals surface area contributed by atoms with Gasteiger partial charge in [-0.2, -0.15) is 4.98 Å². The first-order valence-electron chi connectivity index (χ1n) is 4.32. The van der Waals surface area contributed by atoms with Crippen LogP contribution in [0.15, 0.2) is 0 Å². The summed E-state index contributed by atoms with van der Waals surface area (Å²) in [5, 5.41) is 2.89. The van der Waals surface area contributed by atoms with E-state index in [-0.39, 0.29) is 0 Å². The standard InChI is InChI=1S/C9H15N3O/c1-5-7-6(2)11-9(10-3)12-8(7)13-4/h5H2,1-4H3,(H,10,11,12). The Kier molecular flexibility index (Phi) is 3.06. The summed E-state index contributed by atoms with van der Waals surface area (Å²) in [5.41, 5.74) is 2.04. The van der Waals surface area contributed by atoms with Gasteiger partial charge in [0.15, 0.2) is 0 Å². The van der Waals surface area contributed by atoms with Crippen LogP contribution >= 0.6 is 0 Å². The zero-order valence-electron chi connectivity index (χ0n) is 8.51. The molecule has 0 saturated heterocycles. The molecule has 72 valence electrons. The highest BCUT2D eigenvalue weighted by Gasteiger charge is 2.08. The first kappa shape index (κ1) is 9.77. The minimum Gasteiger partial charge on any atom is -0.481 e. The van der Waals surface area contributed by atoms with Gasteiger partial charge < -0.3 is 10.1 Å². The second-order valence-electron chi connectivity index (χ2n) is 2.72. The van der Waals surface area contributed by atoms with E-state index in [0.717, 1.165) is 17.7 Å². The van der Waals surface area contributed by atoms with E-state index >= 15 is 0 Å². The molecule has 1 aromatic heterocycles. The molecule has 0 atom stereocenters. The van der Waals surface area contributed by atoms with Crippen molar-refractivity contribution in [3.63, 3.8) is 0 Å². The Morgan fingerprint density at radius 3 is 2.54 bits per heavy atom. The Morgan fingerprint density at radius 1 is 1.38 bits per heavy atom. The first-order valence-corrected chi connectivity index (χ1v) is 4.32. The van der Waals surface area contributed by atoms with Crippen LogP contribution in [0.5, 0.6) is 5.88 Å². The lowest BCUT2D eigenvalue weighted by Crippen LogP contribution is -2.04. The smallest absolute Gasteiger partial charge is 0.225 e. The number of aryl methyl sites for hydroxylation is 1. The van der Waals surface area contributed by atoms with Crippen LogP contribution in [0, 0.1) is 6.92 Å². The van der Waals surface area contributed by atoms with E-state index in [1.165, 1.54) is 0 Å². The molecule has 13 heavy (non-hydrogen) atoms. The number of hydrogen-bond acceptors (Lipinski definition) is 4. The molecule has 1 aromatic rings. The summed E-state index contributed by atoms with van der Waals surface area (Å²) in [4.78, 5) is 8.47. The van der Waals surface area contributed by atoms with Gasteiger partial charge in [-0.25, -0.2) is 4.98 Å². The maximum atomic E-state index is 5.17. The molecule has 0 aromatic carbocycles. The Balaban J connectivity index is 3.20. The van der Waals surface area contributed by atoms with Gasteiger partial charge in [0, 0.05) is 18.3 Å². The van der Waals surface area contributed by atoms with Gasteiger partial charge in [0.05, 0.1) is 7.11 Å². The fraction of sp³-hybridized carbons (Fsp3) is 0.556. The SMILES string of the molecule is CCc1c(C)nc(NC)nc1OC. The molecule has 4 nitrogen and oxygen atoms in total. The molecular formula is C9H15N3O. The maximum Gasteiger partial charge on any atom is 0.225 e. The molecule has 0 fully saturated rings. The largest absolute Gasteiger partial charge is 0.481 e. The summed E-state index contributed by atoms with van der Waals surface area (Å²) in [6.07, 6.45) is 0.888. The van der Waals surface area contributed by atoms with Gasteiger partial charge in [-0.15, -0.1) is 0 Å². The highest BCUT2D eigenvalue weighted by Crippen LogP contribution is 2.20. The number of rotatable bonds is 3. The molecule has 0 aliphatic heterocycles. The number of hydrogen-bond donors (Lipinski definition) is 1. The molecule has 0 aliphatic carbocycles. The zero-order valence-corrected chi connectivity index (χ0v) is 8.51. The van der Waals surface area contributed by atoms with E-state index < -0.39 is 0 Å². The molecule has 4 heteroatoms. The monoisotopic (exact) mass is 181 g/mol. The molecule has 0 aliphatic rings. The van der Waals surface area contributed by atoms with Crippen LogP contribution < -0.4 is 10.1 Å². The third-order valence-electron chi connectivity index (χ3n) is 1.95. The Labute approximate surface area is 78.4 Å². The van der Waals surface area contributed by atoms with E-state index in [0.29, 0.717) is 11.8 Å². The van der Waals surface area contributed by atoms with E-state index in [1.54, 1.807) is 14.2 Å². The molecule has 0 unspecified atom stereocenters. The molecule has 0 saturated carbocycles. The number of ether oxygens (including phenoxy) is 1. The lowest BCUT2D eigenvalue weighted by molar-refractivity contribution is 0.392. The third-order valence-corrected chi connectivity index (χ3v) is 1.95. The summed E-state index contributed by atoms with van der Waals surface area (Å²) in [6, 6.07) is 0. The van der Waals surface area contributed by atoms with Crippen LogP contribution in [0.4, 0.5) is 5.95 Å². The fourth-order valence-corrected chi connectivity index (χ4v) is 1.26. The van der Waals surface area contributed by atoms with Crippen molar-refractivity contribution >= 4 is 5.95 Å². The second-order valence-corrected chi connectivity index (χ2v) is 2.72. The van der Waals surface area contributed by atoms with Gasteiger partial charge in [0.25, 0.3) is 0 Å². The van der Waals surface area contributed by atoms with Crippen LogP contribution in [-0.2, 0) is 6.42 Å². The van der Waals surface area contributed by atoms with Crippen LogP contribution in [0.3, 0.4) is 0 Å². The van der Waals surface area contributed by atoms with Gasteiger partial charge in [-0.1, -0.05) is 6.92 Å². The second kappa shape index (κ2) is 4.07. The van der Waals surface area contributed by atoms with Crippen molar-refractivity contribution in [2.75, 3.05) is 19.5 Å². The molecule has 0 spiro atoms. The number of nitrogens with zero attached hydrogens (tertiary/aromatic N) is 2. The summed E-state index contributed by atoms with van der Waals surface area (Å²) in [7, 11) is 3.42. The van der Waals surface area contributed by atoms with E-state index in [4.69, 9.17) is 4.74 Å². The van der Waals surface area contributed by atoms with Crippen molar-refractivity contribution < 1.29 is 4.74 Å². The molecule has 0 bridgehead atoms. The van der Waals surface area contributed by atoms with Gasteiger partial charge in [0.1, 0.15) is 0 Å². The zero-order chi connectivity index (χ0) is 9.84. The molecule has 1 rings (SSSR count). The topological polar surface area (TPSA) is 47.0 Å². The fourth-order valence-electron chi connectivity index (χ4n) is 1.26. The third kappa shape index (κ3) is 1.88. The molecule has 1 heterocycles. The summed E-state index contributed by atoms with van der Waals surface area (Å²) in [5.74, 6) is 1.27. The van der Waals surface area contributed by atoms with Gasteiger partial charge in [0.2, 0.25) is 11.8 Å². The number of nitrogens with one attached hydrogen (secondary N) is 1. The molecule has 1 N–H and O–H groups in total. The normalized spacial score (nSPS) is 9.85. The van der Waals surface area contributed by atoms with Crippen LogP contribution in [0.2, 0.25) is 0 Å². The summed E-state index contributed by atoms with van der Waals surface area (Å²) in [6.45, 7) is 4.02. The molecular weight excluding hydrogens is 166 g/mol. The lowest BCUT2D eigenvalue weighted by atomic mass is 10.2. The van der Waals surface area contributed by atoms with Crippen molar-refractivity contribution in [1.82, 2.24) is 9.97 Å². The lowest BCUT2D eigenvalue weighted by Gasteiger charge is -2.09. The van der Waals surface area contributed by atoms with E-state index in [9.17, 15) is 0 Å². The van der Waals surface area contributed by atoms with Crippen LogP contribution in [0.1, 0.15) is 18.2 Å². The number of aromatic nitrogens is 2. The Morgan fingerprint density at radius 2 is 2.08 bits per heavy atom. The Bertz CT molecular complexity index is 299. The van der Waals surface area contributed by atoms with Crippen LogP contribution in [0.25, 0.3) is 0 Å². The number of methoxy groups -OCH3 is 1. The van der Waals surface area contributed by atoms with Crippen LogP contribution in [-0.4, -0.2) is 24.1 Å². The van der Waals surface area contributed by atoms with Crippen molar-refractivity contribution in [2.45, 2.75) is 20.3 Å². The van der Waals surface area contributed by atoms with Gasteiger partial charge >= 0.3 is 0 Å². The minimum atomic E-state index is 0.603. The van der Waals surface area contributed by atoms with E-state index in [2.05, 4.69) is 22.2 Å². The predicted octanol–water partition coefficient (Wildman–Crippen LogP) is 1.40. The average Bonchev–Trinajstić information content (AvgIpc) is 2.16. The van der Waals surface area contributed by atoms with Gasteiger partial charge in [-0.3, -0.25) is 0 Å². The quantitative estimate of drug-likeness (QED) is 0.765. The van der Waals surface area contributed by atoms with E-state index in [1.807, 2.05) is 6.92 Å². The minimum absolute atomic E-state index is 0.603. The first-order chi connectivity index (χ1) is 6.22. The highest BCUT2D eigenvalue weighted by molar-refractivity contribution is 5.37. The van der Waals surface area contributed by atoms with Crippen molar-refractivity contribution in [2.24, 2.45) is 0 Å².